The van der Waals surface area contributed by atoms with Gasteiger partial charge in [-0.05, 0) is 49.3 Å². The molecule has 1 aliphatic carbocycles. The van der Waals surface area contributed by atoms with Gasteiger partial charge in [-0.15, -0.1) is 0 Å². The van der Waals surface area contributed by atoms with Gasteiger partial charge < -0.3 is 0 Å². The van der Waals surface area contributed by atoms with E-state index in [-0.39, 0.29) is 0 Å². The molecule has 0 N–H and O–H groups in total. The van der Waals surface area contributed by atoms with Crippen LogP contribution in [0.1, 0.15) is 24.3 Å². The molecule has 1 saturated carbocycles. The molecule has 0 aliphatic heterocycles. The van der Waals surface area contributed by atoms with Crippen molar-refractivity contribution in [3.8, 4) is 0 Å². The lowest BCUT2D eigenvalue weighted by atomic mass is 9.97. The third-order valence-corrected chi connectivity index (χ3v) is 2.74. The first-order chi connectivity index (χ1) is 5.77. The zero-order valence-corrected chi connectivity index (χ0v) is 7.72. The fourth-order valence-corrected chi connectivity index (χ4v) is 1.61. The lowest BCUT2D eigenvalue weighted by molar-refractivity contribution is 0.724. The second-order valence-corrected chi connectivity index (χ2v) is 3.93. The van der Waals surface area contributed by atoms with Crippen LogP contribution in [0.3, 0.4) is 0 Å². The highest BCUT2D eigenvalue weighted by molar-refractivity contribution is 6.30. The second kappa shape index (κ2) is 3.10. The van der Waals surface area contributed by atoms with Gasteiger partial charge in [-0.25, -0.2) is 0 Å². The average molecular weight is 180 g/mol. The Morgan fingerprint density at radius 2 is 1.83 bits per heavy atom. The van der Waals surface area contributed by atoms with Gasteiger partial charge in [0.15, 0.2) is 0 Å². The molecule has 0 saturated heterocycles. The Morgan fingerprint density at radius 1 is 1.25 bits per heavy atom. The van der Waals surface area contributed by atoms with E-state index in [4.69, 9.17) is 11.6 Å². The number of hydrogen-bond acceptors (Lipinski definition) is 0. The van der Waals surface area contributed by atoms with Crippen LogP contribution in [0.15, 0.2) is 24.3 Å². The van der Waals surface area contributed by atoms with Crippen LogP contribution in [-0.4, -0.2) is 0 Å². The van der Waals surface area contributed by atoms with Crippen LogP contribution in [-0.2, 0) is 0 Å². The van der Waals surface area contributed by atoms with Gasteiger partial charge in [0.25, 0.3) is 0 Å². The van der Waals surface area contributed by atoms with Crippen molar-refractivity contribution in [2.45, 2.75) is 18.8 Å². The van der Waals surface area contributed by atoms with Crippen LogP contribution >= 0.6 is 11.6 Å². The maximum atomic E-state index is 5.79. The molecular weight excluding hydrogens is 168 g/mol. The van der Waals surface area contributed by atoms with E-state index in [2.05, 4.69) is 19.1 Å². The van der Waals surface area contributed by atoms with Crippen molar-refractivity contribution < 1.29 is 0 Å². The molecule has 63 valence electrons. The van der Waals surface area contributed by atoms with E-state index in [9.17, 15) is 0 Å². The monoisotopic (exact) mass is 179 g/mol. The summed E-state index contributed by atoms with van der Waals surface area (Å²) in [7, 11) is 0. The van der Waals surface area contributed by atoms with Crippen molar-refractivity contribution in [1.29, 1.82) is 0 Å². The first-order valence-electron chi connectivity index (χ1n) is 4.36. The van der Waals surface area contributed by atoms with Crippen LogP contribution in [0.4, 0.5) is 0 Å². The first-order valence-corrected chi connectivity index (χ1v) is 4.74. The highest BCUT2D eigenvalue weighted by atomic mass is 35.5. The molecule has 1 aliphatic rings. The third-order valence-electron chi connectivity index (χ3n) is 2.49. The molecule has 2 rings (SSSR count). The molecule has 1 aromatic carbocycles. The quantitative estimate of drug-likeness (QED) is 0.650. The van der Waals surface area contributed by atoms with E-state index in [0.29, 0.717) is 5.92 Å². The van der Waals surface area contributed by atoms with Crippen LogP contribution in [0, 0.1) is 12.8 Å². The van der Waals surface area contributed by atoms with Crippen LogP contribution in [0.5, 0.6) is 0 Å². The molecule has 0 spiro atoms. The molecule has 1 radical (unpaired) electrons. The summed E-state index contributed by atoms with van der Waals surface area (Å²) in [5, 5.41) is 0.807. The second-order valence-electron chi connectivity index (χ2n) is 3.50. The summed E-state index contributed by atoms with van der Waals surface area (Å²) in [6.07, 6.45) is 2.69. The van der Waals surface area contributed by atoms with Gasteiger partial charge in [-0.2, -0.15) is 0 Å². The van der Waals surface area contributed by atoms with E-state index >= 15 is 0 Å². The standard InChI is InChI=1S/C11H12Cl/c1-8(9-2-3-9)10-4-6-11(12)7-5-10/h4-9H,1-3H2. The van der Waals surface area contributed by atoms with E-state index in [1.807, 2.05) is 12.1 Å². The summed E-state index contributed by atoms with van der Waals surface area (Å²) in [5.41, 5.74) is 1.32. The van der Waals surface area contributed by atoms with E-state index in [0.717, 1.165) is 10.9 Å². The SMILES string of the molecule is [CH2]C(c1ccc(Cl)cc1)C1CC1. The Kier molecular flexibility index (Phi) is 2.10. The minimum absolute atomic E-state index is 0.474. The van der Waals surface area contributed by atoms with E-state index < -0.39 is 0 Å². The van der Waals surface area contributed by atoms with Gasteiger partial charge in [-0.3, -0.25) is 0 Å². The Morgan fingerprint density at radius 3 is 2.33 bits per heavy atom. The summed E-state index contributed by atoms with van der Waals surface area (Å²) < 4.78 is 0. The summed E-state index contributed by atoms with van der Waals surface area (Å²) in [6, 6.07) is 8.05. The topological polar surface area (TPSA) is 0 Å². The molecule has 12 heavy (non-hydrogen) atoms. The third kappa shape index (κ3) is 1.64. The molecule has 0 amide bonds. The van der Waals surface area contributed by atoms with Crippen molar-refractivity contribution in [3.05, 3.63) is 41.8 Å². The van der Waals surface area contributed by atoms with Crippen molar-refractivity contribution >= 4 is 11.6 Å². The fourth-order valence-electron chi connectivity index (χ4n) is 1.48. The van der Waals surface area contributed by atoms with Gasteiger partial charge in [0, 0.05) is 5.02 Å². The van der Waals surface area contributed by atoms with Crippen LogP contribution < -0.4 is 0 Å². The summed E-state index contributed by atoms with van der Waals surface area (Å²) in [6.45, 7) is 4.16. The van der Waals surface area contributed by atoms with Crippen molar-refractivity contribution in [2.24, 2.45) is 5.92 Å². The van der Waals surface area contributed by atoms with E-state index in [1.165, 1.54) is 18.4 Å². The van der Waals surface area contributed by atoms with Gasteiger partial charge in [0.2, 0.25) is 0 Å². The molecule has 1 atom stereocenters. The zero-order chi connectivity index (χ0) is 8.55. The Bertz CT molecular complexity index is 259. The number of benzene rings is 1. The summed E-state index contributed by atoms with van der Waals surface area (Å²) in [4.78, 5) is 0. The number of halogens is 1. The molecule has 0 aromatic heterocycles. The molecular formula is C11H12Cl. The minimum atomic E-state index is 0.474. The molecule has 0 nitrogen and oxygen atoms in total. The Hall–Kier alpha value is -0.490. The van der Waals surface area contributed by atoms with Gasteiger partial charge in [0.05, 0.1) is 0 Å². The number of hydrogen-bond donors (Lipinski definition) is 0. The predicted molar refractivity (Wildman–Crippen MR) is 52.3 cm³/mol. The Balaban J connectivity index is 2.16. The number of rotatable bonds is 2. The van der Waals surface area contributed by atoms with Gasteiger partial charge in [-0.1, -0.05) is 23.7 Å². The summed E-state index contributed by atoms with van der Waals surface area (Å²) in [5.74, 6) is 1.30. The van der Waals surface area contributed by atoms with Crippen LogP contribution in [0.2, 0.25) is 5.02 Å². The highest BCUT2D eigenvalue weighted by Gasteiger charge is 2.28. The maximum Gasteiger partial charge on any atom is 0.0406 e. The average Bonchev–Trinajstić information content (AvgIpc) is 2.87. The summed E-state index contributed by atoms with van der Waals surface area (Å²) >= 11 is 5.79. The fraction of sp³-hybridized carbons (Fsp3) is 0.364. The van der Waals surface area contributed by atoms with E-state index in [1.54, 1.807) is 0 Å². The van der Waals surface area contributed by atoms with Crippen LogP contribution in [0.25, 0.3) is 0 Å². The lowest BCUT2D eigenvalue weighted by Crippen LogP contribution is -1.94. The molecule has 1 aromatic rings. The first kappa shape index (κ1) is 8.12. The smallest absolute Gasteiger partial charge is 0.0406 e. The highest BCUT2D eigenvalue weighted by Crippen LogP contribution is 2.41. The minimum Gasteiger partial charge on any atom is -0.0843 e. The zero-order valence-electron chi connectivity index (χ0n) is 6.96. The Labute approximate surface area is 78.6 Å². The maximum absolute atomic E-state index is 5.79. The van der Waals surface area contributed by atoms with Gasteiger partial charge >= 0.3 is 0 Å². The van der Waals surface area contributed by atoms with Crippen molar-refractivity contribution in [1.82, 2.24) is 0 Å². The predicted octanol–water partition coefficient (Wildman–Crippen LogP) is 3.67. The van der Waals surface area contributed by atoms with Crippen molar-refractivity contribution in [3.63, 3.8) is 0 Å². The van der Waals surface area contributed by atoms with Crippen molar-refractivity contribution in [2.75, 3.05) is 0 Å². The molecule has 0 bridgehead atoms. The molecule has 1 heteroatoms. The molecule has 0 heterocycles. The normalized spacial score (nSPS) is 19.2. The van der Waals surface area contributed by atoms with Gasteiger partial charge in [0.1, 0.15) is 0 Å². The lowest BCUT2D eigenvalue weighted by Gasteiger charge is -2.09. The molecule has 1 unspecified atom stereocenters. The molecule has 1 fully saturated rings. The largest absolute Gasteiger partial charge is 0.0843 e.